The van der Waals surface area contributed by atoms with Crippen LogP contribution in [0.1, 0.15) is 50.5 Å². The van der Waals surface area contributed by atoms with E-state index in [1.807, 2.05) is 19.1 Å². The highest BCUT2D eigenvalue weighted by Crippen LogP contribution is 2.55. The predicted molar refractivity (Wildman–Crippen MR) is 136 cm³/mol. The van der Waals surface area contributed by atoms with E-state index in [0.717, 1.165) is 5.56 Å². The number of hydrazone groups is 1. The van der Waals surface area contributed by atoms with Gasteiger partial charge in [0.2, 0.25) is 12.5 Å². The molecule has 180 valence electrons. The number of hydrogen-bond acceptors (Lipinski definition) is 7. The Hall–Kier alpha value is -2.59. The third kappa shape index (κ3) is 4.53. The Labute approximate surface area is 214 Å². The van der Waals surface area contributed by atoms with Gasteiger partial charge in [0.15, 0.2) is 23.3 Å². The minimum absolute atomic E-state index is 0.0726. The van der Waals surface area contributed by atoms with Crippen molar-refractivity contribution in [3.8, 4) is 17.2 Å². The minimum Gasteiger partial charge on any atom is -0.492 e. The summed E-state index contributed by atoms with van der Waals surface area (Å²) in [6.07, 6.45) is 1.04. The maximum atomic E-state index is 12.8. The molecule has 1 amide bonds. The molecule has 0 aromatic heterocycles. The fourth-order valence-electron chi connectivity index (χ4n) is 3.76. The number of methoxy groups -OCH3 is 1. The topological polar surface area (TPSA) is 90.7 Å². The van der Waals surface area contributed by atoms with Gasteiger partial charge in [-0.1, -0.05) is 57.1 Å². The van der Waals surface area contributed by atoms with Crippen molar-refractivity contribution in [1.29, 1.82) is 0 Å². The molecular weight excluding hydrogens is 570 g/mol. The fraction of sp³-hybridized carbons (Fsp3) is 0.375. The molecule has 0 fully saturated rings. The number of ether oxygens (including phenoxy) is 3. The van der Waals surface area contributed by atoms with Crippen LogP contribution >= 0.6 is 31.9 Å². The third-order valence-corrected chi connectivity index (χ3v) is 7.29. The molecule has 10 heteroatoms. The number of halogens is 2. The Bertz CT molecular complexity index is 1170. The third-order valence-electron chi connectivity index (χ3n) is 5.72. The van der Waals surface area contributed by atoms with Crippen LogP contribution in [0.15, 0.2) is 43.5 Å². The number of nitrogens with zero attached hydrogens (tertiary/aromatic N) is 2. The molecule has 2 aliphatic heterocycles. The van der Waals surface area contributed by atoms with E-state index in [-0.39, 0.29) is 23.8 Å². The van der Waals surface area contributed by atoms with Crippen LogP contribution in [0.25, 0.3) is 0 Å². The average molecular weight is 595 g/mol. The number of nitrogens with one attached hydrogen (secondary N) is 1. The first kappa shape index (κ1) is 24.5. The normalized spacial score (nSPS) is 19.2. The van der Waals surface area contributed by atoms with Crippen molar-refractivity contribution in [2.75, 3.05) is 13.9 Å². The molecule has 34 heavy (non-hydrogen) atoms. The fourth-order valence-corrected chi connectivity index (χ4v) is 5.51. The van der Waals surface area contributed by atoms with Crippen molar-refractivity contribution in [3.05, 3.63) is 49.9 Å². The minimum atomic E-state index is -0.554. The van der Waals surface area contributed by atoms with Crippen molar-refractivity contribution in [2.24, 2.45) is 16.2 Å². The van der Waals surface area contributed by atoms with Crippen molar-refractivity contribution >= 4 is 49.7 Å². The van der Waals surface area contributed by atoms with Gasteiger partial charge in [-0.3, -0.25) is 4.79 Å². The molecule has 8 nitrogen and oxygen atoms in total. The molecule has 0 saturated heterocycles. The summed E-state index contributed by atoms with van der Waals surface area (Å²) in [5.41, 5.74) is 5.67. The Kier molecular flexibility index (Phi) is 6.91. The van der Waals surface area contributed by atoms with Gasteiger partial charge in [-0.25, -0.2) is 5.43 Å². The van der Waals surface area contributed by atoms with E-state index < -0.39 is 12.0 Å². The molecule has 0 saturated carbocycles. The summed E-state index contributed by atoms with van der Waals surface area (Å²) in [4.78, 5) is 18.4. The SMILES string of the molecule is COc1c(Br)c(C2ON=C(C(=O)N/N=C/c3ccc(C(C)(C)C)cc3)C2C)c(Br)c2c1OCO2. The first-order chi connectivity index (χ1) is 16.1. The molecule has 0 radical (unpaired) electrons. The standard InChI is InChI=1S/C24H25Br2N3O5/c1-12-18(23(30)28-27-10-13-6-8-14(9-7-13)24(2,3)4)29-34-19(12)15-16(25)20(31-5)22-21(17(15)26)32-11-33-22/h6-10,12,19H,11H2,1-5H3,(H,28,30)/b27-10+. The van der Waals surface area contributed by atoms with Crippen molar-refractivity contribution < 1.29 is 23.8 Å². The number of hydrogen-bond donors (Lipinski definition) is 1. The van der Waals surface area contributed by atoms with Gasteiger partial charge in [0.1, 0.15) is 0 Å². The molecule has 2 atom stereocenters. The van der Waals surface area contributed by atoms with Crippen molar-refractivity contribution in [1.82, 2.24) is 5.43 Å². The Morgan fingerprint density at radius 3 is 2.50 bits per heavy atom. The molecule has 1 N–H and O–H groups in total. The average Bonchev–Trinajstić information content (AvgIpc) is 3.42. The van der Waals surface area contributed by atoms with E-state index in [2.05, 4.69) is 80.4 Å². The summed E-state index contributed by atoms with van der Waals surface area (Å²) in [6.45, 7) is 8.42. The van der Waals surface area contributed by atoms with Crippen molar-refractivity contribution in [3.63, 3.8) is 0 Å². The van der Waals surface area contributed by atoms with E-state index in [9.17, 15) is 4.79 Å². The summed E-state index contributed by atoms with van der Waals surface area (Å²) < 4.78 is 17.9. The van der Waals surface area contributed by atoms with Gasteiger partial charge in [0.25, 0.3) is 5.91 Å². The van der Waals surface area contributed by atoms with E-state index >= 15 is 0 Å². The zero-order valence-electron chi connectivity index (χ0n) is 19.4. The zero-order valence-corrected chi connectivity index (χ0v) is 22.6. The summed E-state index contributed by atoms with van der Waals surface area (Å²) in [5.74, 6) is 0.711. The number of carbonyl (C=O) groups excluding carboxylic acids is 1. The van der Waals surface area contributed by atoms with E-state index in [1.165, 1.54) is 5.56 Å². The largest absolute Gasteiger partial charge is 0.492 e. The van der Waals surface area contributed by atoms with E-state index in [0.29, 0.717) is 31.8 Å². The van der Waals surface area contributed by atoms with Gasteiger partial charge in [0.05, 0.1) is 28.2 Å². The van der Waals surface area contributed by atoms with Gasteiger partial charge >= 0.3 is 0 Å². The van der Waals surface area contributed by atoms with Crippen LogP contribution in [-0.2, 0) is 15.0 Å². The van der Waals surface area contributed by atoms with Gasteiger partial charge in [-0.05, 0) is 48.4 Å². The van der Waals surface area contributed by atoms with Crippen LogP contribution in [0.5, 0.6) is 17.2 Å². The molecule has 2 aliphatic rings. The van der Waals surface area contributed by atoms with Gasteiger partial charge in [0, 0.05) is 5.56 Å². The summed E-state index contributed by atoms with van der Waals surface area (Å²) in [6, 6.07) is 8.04. The molecule has 4 rings (SSSR count). The molecule has 0 spiro atoms. The van der Waals surface area contributed by atoms with Crippen LogP contribution in [-0.4, -0.2) is 31.7 Å². The van der Waals surface area contributed by atoms with Gasteiger partial charge in [-0.15, -0.1) is 0 Å². The number of benzene rings is 2. The van der Waals surface area contributed by atoms with E-state index in [1.54, 1.807) is 13.3 Å². The highest BCUT2D eigenvalue weighted by atomic mass is 79.9. The van der Waals surface area contributed by atoms with E-state index in [4.69, 9.17) is 19.0 Å². The zero-order chi connectivity index (χ0) is 24.6. The highest BCUT2D eigenvalue weighted by molar-refractivity contribution is 9.11. The quantitative estimate of drug-likeness (QED) is 0.367. The summed E-state index contributed by atoms with van der Waals surface area (Å²) in [5, 5.41) is 8.13. The molecule has 2 aromatic carbocycles. The number of carbonyl (C=O) groups is 1. The van der Waals surface area contributed by atoms with Gasteiger partial charge < -0.3 is 19.0 Å². The first-order valence-corrected chi connectivity index (χ1v) is 12.2. The second-order valence-corrected chi connectivity index (χ2v) is 10.6. The second-order valence-electron chi connectivity index (χ2n) is 9.00. The van der Waals surface area contributed by atoms with Crippen LogP contribution < -0.4 is 19.6 Å². The molecule has 2 heterocycles. The molecular formula is C24H25Br2N3O5. The van der Waals surface area contributed by atoms with Crippen LogP contribution in [0.2, 0.25) is 0 Å². The smallest absolute Gasteiger partial charge is 0.289 e. The number of oxime groups is 1. The first-order valence-electron chi connectivity index (χ1n) is 10.7. The van der Waals surface area contributed by atoms with Crippen molar-refractivity contribution in [2.45, 2.75) is 39.2 Å². The number of amides is 1. The lowest BCUT2D eigenvalue weighted by Gasteiger charge is -2.20. The number of rotatable bonds is 5. The summed E-state index contributed by atoms with van der Waals surface area (Å²) >= 11 is 7.16. The Balaban J connectivity index is 1.47. The van der Waals surface area contributed by atoms with Gasteiger partial charge in [-0.2, -0.15) is 5.10 Å². The monoisotopic (exact) mass is 593 g/mol. The maximum Gasteiger partial charge on any atom is 0.289 e. The lowest BCUT2D eigenvalue weighted by atomic mass is 9.87. The molecule has 2 aromatic rings. The predicted octanol–water partition coefficient (Wildman–Crippen LogP) is 5.46. The molecule has 2 unspecified atom stereocenters. The van der Waals surface area contributed by atoms with Crippen LogP contribution in [0.3, 0.4) is 0 Å². The lowest BCUT2D eigenvalue weighted by molar-refractivity contribution is -0.115. The Morgan fingerprint density at radius 2 is 1.85 bits per heavy atom. The van der Waals surface area contributed by atoms with Crippen LogP contribution in [0, 0.1) is 5.92 Å². The maximum absolute atomic E-state index is 12.8. The number of fused-ring (bicyclic) bond motifs is 1. The molecule has 0 bridgehead atoms. The summed E-state index contributed by atoms with van der Waals surface area (Å²) in [7, 11) is 1.54. The lowest BCUT2D eigenvalue weighted by Crippen LogP contribution is -2.31. The van der Waals surface area contributed by atoms with Crippen LogP contribution in [0.4, 0.5) is 0 Å². The molecule has 0 aliphatic carbocycles. The Morgan fingerprint density at radius 1 is 1.18 bits per heavy atom. The second kappa shape index (κ2) is 9.58. The highest BCUT2D eigenvalue weighted by Gasteiger charge is 2.41.